The molecule has 1 aromatic carbocycles. The van der Waals surface area contributed by atoms with E-state index in [0.29, 0.717) is 5.56 Å². The number of fused-ring (bicyclic) bond motifs is 1. The van der Waals surface area contributed by atoms with Gasteiger partial charge in [0.2, 0.25) is 5.78 Å². The Morgan fingerprint density at radius 3 is 2.81 bits per heavy atom. The van der Waals surface area contributed by atoms with E-state index in [4.69, 9.17) is 0 Å². The summed E-state index contributed by atoms with van der Waals surface area (Å²) in [5, 5.41) is 0.917. The van der Waals surface area contributed by atoms with Gasteiger partial charge in [-0.05, 0) is 12.0 Å². The third-order valence-corrected chi connectivity index (χ3v) is 2.23. The van der Waals surface area contributed by atoms with Crippen LogP contribution in [-0.4, -0.2) is 29.8 Å². The largest absolute Gasteiger partial charge is 0.360 e. The lowest BCUT2D eigenvalue weighted by Gasteiger charge is -1.97. The van der Waals surface area contributed by atoms with Gasteiger partial charge < -0.3 is 9.88 Å². The highest BCUT2D eigenvalue weighted by Crippen LogP contribution is 2.17. The van der Waals surface area contributed by atoms with Crippen molar-refractivity contribution in [1.29, 1.82) is 0 Å². The number of carbonyl (C=O) groups is 1. The number of aromatic amines is 1. The van der Waals surface area contributed by atoms with E-state index >= 15 is 0 Å². The molecule has 3 heteroatoms. The second-order valence-corrected chi connectivity index (χ2v) is 3.71. The third-order valence-electron chi connectivity index (χ3n) is 2.23. The lowest BCUT2D eigenvalue weighted by molar-refractivity contribution is 0.105. The number of nitrogens with zero attached hydrogens (tertiary/aromatic N) is 1. The maximum Gasteiger partial charge on any atom is 0.239 e. The summed E-state index contributed by atoms with van der Waals surface area (Å²) in [7, 11) is 3.60. The number of benzene rings is 1. The van der Waals surface area contributed by atoms with Crippen LogP contribution in [0.3, 0.4) is 0 Å². The van der Waals surface area contributed by atoms with Gasteiger partial charge in [0.05, 0.1) is 5.56 Å². The number of para-hydroxylation sites is 1. The number of Topliss-reactive ketones (excluding diaryl/α,β-unsaturated/α-hetero) is 1. The molecule has 16 heavy (non-hydrogen) atoms. The van der Waals surface area contributed by atoms with Crippen LogP contribution in [0.25, 0.3) is 10.9 Å². The molecule has 0 saturated heterocycles. The standard InChI is InChI=1S/C13H12N2O/c1-15(2)8-7-13(16)11-9-14-12-6-4-3-5-10(11)12/h3-6,9,14H,1-2H3. The molecule has 3 nitrogen and oxygen atoms in total. The Balaban J connectivity index is 2.42. The lowest BCUT2D eigenvalue weighted by atomic mass is 10.1. The molecule has 1 N–H and O–H groups in total. The van der Waals surface area contributed by atoms with E-state index in [2.05, 4.69) is 16.9 Å². The van der Waals surface area contributed by atoms with Gasteiger partial charge in [-0.15, -0.1) is 0 Å². The van der Waals surface area contributed by atoms with Crippen LogP contribution in [0, 0.1) is 12.0 Å². The summed E-state index contributed by atoms with van der Waals surface area (Å²) in [5.41, 5.74) is 1.59. The van der Waals surface area contributed by atoms with Gasteiger partial charge >= 0.3 is 0 Å². The molecule has 1 heterocycles. The van der Waals surface area contributed by atoms with Crippen LogP contribution in [-0.2, 0) is 0 Å². The van der Waals surface area contributed by atoms with Crippen LogP contribution in [0.2, 0.25) is 0 Å². The average molecular weight is 212 g/mol. The van der Waals surface area contributed by atoms with Gasteiger partial charge in [0, 0.05) is 37.2 Å². The highest BCUT2D eigenvalue weighted by Gasteiger charge is 2.08. The number of hydrogen-bond donors (Lipinski definition) is 1. The zero-order chi connectivity index (χ0) is 11.5. The summed E-state index contributed by atoms with van der Waals surface area (Å²) >= 11 is 0. The highest BCUT2D eigenvalue weighted by atomic mass is 16.1. The second-order valence-electron chi connectivity index (χ2n) is 3.71. The molecule has 2 aromatic rings. The van der Waals surface area contributed by atoms with Crippen molar-refractivity contribution in [3.8, 4) is 12.0 Å². The van der Waals surface area contributed by atoms with Gasteiger partial charge in [-0.25, -0.2) is 0 Å². The number of H-pyrrole nitrogens is 1. The maximum atomic E-state index is 11.8. The van der Waals surface area contributed by atoms with Crippen LogP contribution in [0.4, 0.5) is 0 Å². The SMILES string of the molecule is CN(C)C#CC(=O)c1c[nH]c2ccccc12. The molecule has 0 aliphatic carbocycles. The molecular formula is C13H12N2O. The normalized spacial score (nSPS) is 9.62. The van der Waals surface area contributed by atoms with Gasteiger partial charge in [0.25, 0.3) is 0 Å². The van der Waals surface area contributed by atoms with Crippen LogP contribution in [0.1, 0.15) is 10.4 Å². The molecule has 0 unspecified atom stereocenters. The first-order valence-corrected chi connectivity index (χ1v) is 4.98. The molecule has 0 radical (unpaired) electrons. The fourth-order valence-corrected chi connectivity index (χ4v) is 1.49. The van der Waals surface area contributed by atoms with Gasteiger partial charge in [0.15, 0.2) is 0 Å². The van der Waals surface area contributed by atoms with Crippen molar-refractivity contribution in [1.82, 2.24) is 9.88 Å². The first-order valence-electron chi connectivity index (χ1n) is 4.98. The number of nitrogens with one attached hydrogen (secondary N) is 1. The van der Waals surface area contributed by atoms with Crippen LogP contribution >= 0.6 is 0 Å². The highest BCUT2D eigenvalue weighted by molar-refractivity contribution is 6.16. The zero-order valence-electron chi connectivity index (χ0n) is 9.24. The molecule has 0 saturated carbocycles. The van der Waals surface area contributed by atoms with Gasteiger partial charge in [0.1, 0.15) is 0 Å². The molecule has 0 fully saturated rings. The van der Waals surface area contributed by atoms with Crippen molar-refractivity contribution in [2.45, 2.75) is 0 Å². The summed E-state index contributed by atoms with van der Waals surface area (Å²) in [6.45, 7) is 0. The number of hydrogen-bond acceptors (Lipinski definition) is 2. The number of ketones is 1. The second kappa shape index (κ2) is 4.11. The van der Waals surface area contributed by atoms with Crippen molar-refractivity contribution in [2.24, 2.45) is 0 Å². The quantitative estimate of drug-likeness (QED) is 0.445. The molecule has 0 aliphatic heterocycles. The van der Waals surface area contributed by atoms with Gasteiger partial charge in [-0.3, -0.25) is 4.79 Å². The van der Waals surface area contributed by atoms with E-state index in [1.807, 2.05) is 24.3 Å². The van der Waals surface area contributed by atoms with Gasteiger partial charge in [-0.1, -0.05) is 18.2 Å². The van der Waals surface area contributed by atoms with E-state index in [0.717, 1.165) is 10.9 Å². The minimum atomic E-state index is -0.161. The van der Waals surface area contributed by atoms with Crippen molar-refractivity contribution in [3.63, 3.8) is 0 Å². The summed E-state index contributed by atoms with van der Waals surface area (Å²) < 4.78 is 0. The molecule has 0 bridgehead atoms. The molecule has 2 rings (SSSR count). The molecule has 0 amide bonds. The molecule has 80 valence electrons. The van der Waals surface area contributed by atoms with Crippen molar-refractivity contribution in [2.75, 3.05) is 14.1 Å². The van der Waals surface area contributed by atoms with E-state index in [9.17, 15) is 4.79 Å². The Morgan fingerprint density at radius 2 is 2.06 bits per heavy atom. The first-order chi connectivity index (χ1) is 7.68. The summed E-state index contributed by atoms with van der Waals surface area (Å²) in [4.78, 5) is 16.5. The molecular weight excluding hydrogens is 200 g/mol. The lowest BCUT2D eigenvalue weighted by Crippen LogP contribution is -2.03. The first kappa shape index (κ1) is 10.3. The number of rotatable bonds is 1. The number of aromatic nitrogens is 1. The van der Waals surface area contributed by atoms with Crippen molar-refractivity contribution in [3.05, 3.63) is 36.0 Å². The minimum Gasteiger partial charge on any atom is -0.360 e. The van der Waals surface area contributed by atoms with Crippen LogP contribution in [0.15, 0.2) is 30.5 Å². The third kappa shape index (κ3) is 1.91. The van der Waals surface area contributed by atoms with Crippen LogP contribution in [0.5, 0.6) is 0 Å². The predicted molar refractivity (Wildman–Crippen MR) is 64.1 cm³/mol. The Bertz CT molecular complexity index is 584. The van der Waals surface area contributed by atoms with E-state index in [1.54, 1.807) is 25.2 Å². The monoisotopic (exact) mass is 212 g/mol. The minimum absolute atomic E-state index is 0.161. The smallest absolute Gasteiger partial charge is 0.239 e. The maximum absolute atomic E-state index is 11.8. The molecule has 0 atom stereocenters. The topological polar surface area (TPSA) is 36.1 Å². The summed E-state index contributed by atoms with van der Waals surface area (Å²) in [6, 6.07) is 10.4. The summed E-state index contributed by atoms with van der Waals surface area (Å²) in [5.74, 6) is 2.43. The Hall–Kier alpha value is -2.21. The number of carbonyl (C=O) groups excluding carboxylic acids is 1. The predicted octanol–water partition coefficient (Wildman–Crippen LogP) is 1.87. The molecule has 0 aliphatic rings. The fourth-order valence-electron chi connectivity index (χ4n) is 1.49. The van der Waals surface area contributed by atoms with Crippen molar-refractivity contribution >= 4 is 16.7 Å². The van der Waals surface area contributed by atoms with E-state index in [1.165, 1.54) is 0 Å². The van der Waals surface area contributed by atoms with E-state index < -0.39 is 0 Å². The summed E-state index contributed by atoms with van der Waals surface area (Å²) in [6.07, 6.45) is 1.71. The zero-order valence-corrected chi connectivity index (χ0v) is 9.24. The fraction of sp³-hybridized carbons (Fsp3) is 0.154. The molecule has 0 spiro atoms. The molecule has 1 aromatic heterocycles. The van der Waals surface area contributed by atoms with Gasteiger partial charge in [-0.2, -0.15) is 0 Å². The van der Waals surface area contributed by atoms with E-state index in [-0.39, 0.29) is 5.78 Å². The Labute approximate surface area is 94.1 Å². The Kier molecular flexibility index (Phi) is 2.65. The van der Waals surface area contributed by atoms with Crippen LogP contribution < -0.4 is 0 Å². The Morgan fingerprint density at radius 1 is 1.31 bits per heavy atom. The van der Waals surface area contributed by atoms with Crippen molar-refractivity contribution < 1.29 is 4.79 Å². The average Bonchev–Trinajstić information content (AvgIpc) is 2.69.